The highest BCUT2D eigenvalue weighted by Gasteiger charge is 2.21. The summed E-state index contributed by atoms with van der Waals surface area (Å²) in [6.45, 7) is 2.06. The molecule has 2 aromatic carbocycles. The van der Waals surface area contributed by atoms with E-state index in [4.69, 9.17) is 0 Å². The van der Waals surface area contributed by atoms with Gasteiger partial charge in [0, 0.05) is 14.3 Å². The first-order valence-corrected chi connectivity index (χ1v) is 7.31. The maximum Gasteiger partial charge on any atom is 0.111 e. The molecule has 4 rings (SSSR count). The van der Waals surface area contributed by atoms with Gasteiger partial charge in [0.15, 0.2) is 0 Å². The van der Waals surface area contributed by atoms with E-state index in [9.17, 15) is 0 Å². The van der Waals surface area contributed by atoms with Crippen LogP contribution < -0.4 is 0 Å². The molecule has 0 bridgehead atoms. The van der Waals surface area contributed by atoms with Gasteiger partial charge >= 0.3 is 0 Å². The van der Waals surface area contributed by atoms with Crippen molar-refractivity contribution < 1.29 is 0 Å². The van der Waals surface area contributed by atoms with E-state index in [-0.39, 0.29) is 0 Å². The van der Waals surface area contributed by atoms with Gasteiger partial charge in [0.2, 0.25) is 0 Å². The lowest BCUT2D eigenvalue weighted by Crippen LogP contribution is -2.03. The van der Waals surface area contributed by atoms with Crippen LogP contribution in [0.25, 0.3) is 16.7 Å². The smallest absolute Gasteiger partial charge is 0.111 e. The van der Waals surface area contributed by atoms with E-state index in [1.54, 1.807) is 0 Å². The molecule has 0 saturated heterocycles. The summed E-state index contributed by atoms with van der Waals surface area (Å²) in [7, 11) is 0. The Morgan fingerprint density at radius 1 is 1.17 bits per heavy atom. The first kappa shape index (κ1) is 10.6. The van der Waals surface area contributed by atoms with Crippen molar-refractivity contribution in [2.24, 2.45) is 0 Å². The van der Waals surface area contributed by atoms with Crippen LogP contribution in [-0.2, 0) is 0 Å². The molecule has 1 aromatic heterocycles. The Labute approximate surface area is 117 Å². The number of aryl methyl sites for hydroxylation is 1. The zero-order valence-corrected chi connectivity index (χ0v) is 12.0. The van der Waals surface area contributed by atoms with Crippen molar-refractivity contribution in [1.29, 1.82) is 0 Å². The van der Waals surface area contributed by atoms with Crippen LogP contribution in [0.4, 0.5) is 0 Å². The van der Waals surface area contributed by atoms with Gasteiger partial charge in [-0.25, -0.2) is 4.98 Å². The fraction of sp³-hybridized carbons (Fsp3) is 0.0714. The molecule has 0 atom stereocenters. The van der Waals surface area contributed by atoms with Gasteiger partial charge < -0.3 is 0 Å². The lowest BCUT2D eigenvalue weighted by Gasteiger charge is -2.19. The van der Waals surface area contributed by atoms with Crippen molar-refractivity contribution >= 4 is 38.7 Å². The minimum atomic E-state index is 1.04. The number of hydrogen-bond donors (Lipinski definition) is 0. The quantitative estimate of drug-likeness (QED) is 0.473. The molecule has 0 saturated carbocycles. The maximum absolute atomic E-state index is 4.64. The van der Waals surface area contributed by atoms with Crippen LogP contribution in [0.5, 0.6) is 0 Å². The maximum atomic E-state index is 4.64. The van der Waals surface area contributed by atoms with Gasteiger partial charge in [-0.05, 0) is 37.3 Å². The summed E-state index contributed by atoms with van der Waals surface area (Å²) in [4.78, 5) is 7.19. The Morgan fingerprint density at radius 2 is 2.06 bits per heavy atom. The summed E-state index contributed by atoms with van der Waals surface area (Å²) < 4.78 is 3.37. The number of nitrogens with zero attached hydrogens (tertiary/aromatic N) is 2. The first-order chi connectivity index (χ1) is 8.74. The van der Waals surface area contributed by atoms with E-state index in [1.807, 2.05) is 11.8 Å². The van der Waals surface area contributed by atoms with Crippen molar-refractivity contribution in [2.45, 2.75) is 16.7 Å². The van der Waals surface area contributed by atoms with Crippen LogP contribution in [0.2, 0.25) is 0 Å². The molecule has 0 aliphatic carbocycles. The predicted octanol–water partition coefficient (Wildman–Crippen LogP) is 4.56. The second-order valence-electron chi connectivity index (χ2n) is 4.33. The molecule has 2 nitrogen and oxygen atoms in total. The fourth-order valence-electron chi connectivity index (χ4n) is 2.46. The Morgan fingerprint density at radius 3 is 2.94 bits per heavy atom. The molecule has 3 aromatic rings. The molecule has 0 amide bonds. The molecule has 18 heavy (non-hydrogen) atoms. The zero-order chi connectivity index (χ0) is 12.3. The lowest BCUT2D eigenvalue weighted by molar-refractivity contribution is 0.962. The van der Waals surface area contributed by atoms with E-state index in [1.165, 1.54) is 21.0 Å². The molecular formula is C14H9BrN2S. The number of hydrogen-bond acceptors (Lipinski definition) is 2. The summed E-state index contributed by atoms with van der Waals surface area (Å²) >= 11 is 5.35. The second kappa shape index (κ2) is 3.62. The Hall–Kier alpha value is -1.26. The topological polar surface area (TPSA) is 17.8 Å². The summed E-state index contributed by atoms with van der Waals surface area (Å²) in [5.74, 6) is 1.04. The number of para-hydroxylation sites is 1. The second-order valence-corrected chi connectivity index (χ2v) is 6.33. The zero-order valence-electron chi connectivity index (χ0n) is 9.64. The van der Waals surface area contributed by atoms with Gasteiger partial charge in [-0.15, -0.1) is 0 Å². The third-order valence-corrected chi connectivity index (χ3v) is 4.78. The molecule has 0 unspecified atom stereocenters. The molecule has 4 heteroatoms. The van der Waals surface area contributed by atoms with Crippen LogP contribution >= 0.6 is 27.7 Å². The minimum absolute atomic E-state index is 1.04. The third kappa shape index (κ3) is 1.33. The fourth-order valence-corrected chi connectivity index (χ4v) is 4.10. The number of aromatic nitrogens is 2. The number of imidazole rings is 1. The molecule has 1 aliphatic rings. The van der Waals surface area contributed by atoms with E-state index in [0.29, 0.717) is 0 Å². The highest BCUT2D eigenvalue weighted by Crippen LogP contribution is 2.43. The summed E-state index contributed by atoms with van der Waals surface area (Å²) in [6, 6.07) is 12.7. The average molecular weight is 317 g/mol. The van der Waals surface area contributed by atoms with Crippen LogP contribution in [0.1, 0.15) is 5.82 Å². The van der Waals surface area contributed by atoms with Gasteiger partial charge in [-0.3, -0.25) is 4.57 Å². The van der Waals surface area contributed by atoms with E-state index < -0.39 is 0 Å². The number of fused-ring (bicyclic) bond motifs is 2. The van der Waals surface area contributed by atoms with Crippen molar-refractivity contribution in [3.63, 3.8) is 0 Å². The van der Waals surface area contributed by atoms with Gasteiger partial charge in [0.25, 0.3) is 0 Å². The van der Waals surface area contributed by atoms with Crippen LogP contribution in [0.3, 0.4) is 0 Å². The SMILES string of the molecule is Cc1nc2cccc3c2n1-c1ccc(Br)cc1S3. The van der Waals surface area contributed by atoms with Gasteiger partial charge in [0.05, 0.1) is 16.7 Å². The third-order valence-electron chi connectivity index (χ3n) is 3.19. The van der Waals surface area contributed by atoms with Crippen molar-refractivity contribution in [3.8, 4) is 5.69 Å². The van der Waals surface area contributed by atoms with Crippen LogP contribution in [0.15, 0.2) is 50.7 Å². The Kier molecular flexibility index (Phi) is 2.14. The highest BCUT2D eigenvalue weighted by molar-refractivity contribution is 9.10. The predicted molar refractivity (Wildman–Crippen MR) is 77.6 cm³/mol. The van der Waals surface area contributed by atoms with E-state index in [0.717, 1.165) is 15.8 Å². The minimum Gasteiger partial charge on any atom is -0.294 e. The number of rotatable bonds is 0. The summed E-state index contributed by atoms with van der Waals surface area (Å²) in [6.07, 6.45) is 0. The summed E-state index contributed by atoms with van der Waals surface area (Å²) in [5.41, 5.74) is 3.53. The first-order valence-electron chi connectivity index (χ1n) is 5.70. The highest BCUT2D eigenvalue weighted by atomic mass is 79.9. The van der Waals surface area contributed by atoms with E-state index in [2.05, 4.69) is 68.8 Å². The summed E-state index contributed by atoms with van der Waals surface area (Å²) in [5, 5.41) is 0. The van der Waals surface area contributed by atoms with Crippen molar-refractivity contribution in [1.82, 2.24) is 9.55 Å². The normalized spacial score (nSPS) is 12.8. The lowest BCUT2D eigenvalue weighted by atomic mass is 10.2. The van der Waals surface area contributed by atoms with Crippen molar-refractivity contribution in [3.05, 3.63) is 46.7 Å². The molecular weight excluding hydrogens is 308 g/mol. The number of halogens is 1. The van der Waals surface area contributed by atoms with Crippen LogP contribution in [0, 0.1) is 6.92 Å². The standard InChI is InChI=1S/C14H9BrN2S/c1-8-16-10-3-2-4-12-14(10)17(8)11-6-5-9(15)7-13(11)18-12/h2-7H,1H3. The molecule has 0 N–H and O–H groups in total. The molecule has 0 radical (unpaired) electrons. The molecule has 0 spiro atoms. The Bertz CT molecular complexity index is 792. The van der Waals surface area contributed by atoms with E-state index >= 15 is 0 Å². The van der Waals surface area contributed by atoms with Crippen LogP contribution in [-0.4, -0.2) is 9.55 Å². The molecule has 1 aliphatic heterocycles. The monoisotopic (exact) mass is 316 g/mol. The largest absolute Gasteiger partial charge is 0.294 e. The molecule has 2 heterocycles. The molecule has 88 valence electrons. The van der Waals surface area contributed by atoms with Gasteiger partial charge in [0.1, 0.15) is 5.82 Å². The Balaban J connectivity index is 2.19. The van der Waals surface area contributed by atoms with Gasteiger partial charge in [-0.1, -0.05) is 33.8 Å². The van der Waals surface area contributed by atoms with Crippen molar-refractivity contribution in [2.75, 3.05) is 0 Å². The average Bonchev–Trinajstić information content (AvgIpc) is 2.68. The van der Waals surface area contributed by atoms with Gasteiger partial charge in [-0.2, -0.15) is 0 Å². The number of benzene rings is 2. The molecule has 0 fully saturated rings.